The number of hydrogen-bond acceptors (Lipinski definition) is 1. The average Bonchev–Trinajstić information content (AvgIpc) is 2.57. The number of benzene rings is 1. The lowest BCUT2D eigenvalue weighted by atomic mass is 9.88. The van der Waals surface area contributed by atoms with Crippen LogP contribution in [0.4, 0.5) is 0 Å². The van der Waals surface area contributed by atoms with Gasteiger partial charge in [0.2, 0.25) is 0 Å². The van der Waals surface area contributed by atoms with E-state index in [0.717, 1.165) is 25.7 Å². The smallest absolute Gasteiger partial charge is 0.255 e. The Morgan fingerprint density at radius 1 is 0.864 bits per heavy atom. The van der Waals surface area contributed by atoms with Crippen LogP contribution in [0.15, 0.2) is 24.3 Å². The van der Waals surface area contributed by atoms with Crippen LogP contribution in [0, 0.1) is 0 Å². The van der Waals surface area contributed by atoms with Gasteiger partial charge in [0.05, 0.1) is 10.6 Å². The Morgan fingerprint density at radius 3 is 1.86 bits per heavy atom. The summed E-state index contributed by atoms with van der Waals surface area (Å²) in [5.41, 5.74) is 0.681. The van der Waals surface area contributed by atoms with Crippen LogP contribution in [0.3, 0.4) is 0 Å². The summed E-state index contributed by atoms with van der Waals surface area (Å²) in [5, 5.41) is 0.587. The predicted molar refractivity (Wildman–Crippen MR) is 91.4 cm³/mol. The van der Waals surface area contributed by atoms with Crippen LogP contribution in [0.1, 0.15) is 74.6 Å². The summed E-state index contributed by atoms with van der Waals surface area (Å²) >= 11 is 6.29. The van der Waals surface area contributed by atoms with Crippen molar-refractivity contribution in [3.8, 4) is 0 Å². The molecule has 2 aliphatic carbocycles. The molecule has 1 amide bonds. The van der Waals surface area contributed by atoms with Crippen LogP contribution in [0.25, 0.3) is 0 Å². The van der Waals surface area contributed by atoms with Gasteiger partial charge in [0.25, 0.3) is 5.91 Å². The first kappa shape index (κ1) is 15.9. The fraction of sp³-hybridized carbons (Fsp3) is 0.632. The molecule has 3 heteroatoms. The van der Waals surface area contributed by atoms with Gasteiger partial charge in [-0.2, -0.15) is 0 Å². The molecule has 2 aliphatic rings. The van der Waals surface area contributed by atoms with Crippen LogP contribution in [0.2, 0.25) is 5.02 Å². The first-order valence-electron chi connectivity index (χ1n) is 8.84. The third-order valence-electron chi connectivity index (χ3n) is 5.27. The molecular weight excluding hydrogens is 294 g/mol. The second-order valence-electron chi connectivity index (χ2n) is 6.78. The van der Waals surface area contributed by atoms with Crippen LogP contribution in [-0.2, 0) is 0 Å². The molecule has 0 heterocycles. The van der Waals surface area contributed by atoms with E-state index in [1.807, 2.05) is 24.3 Å². The molecular formula is C19H26ClNO. The number of carbonyl (C=O) groups is 1. The SMILES string of the molecule is O=C(c1ccccc1Cl)N(C1CCCCC1)C1CCCCC1. The molecule has 1 aromatic carbocycles. The summed E-state index contributed by atoms with van der Waals surface area (Å²) in [6, 6.07) is 8.35. The molecule has 0 saturated heterocycles. The fourth-order valence-corrected chi connectivity index (χ4v) is 4.34. The Hall–Kier alpha value is -1.02. The van der Waals surface area contributed by atoms with Crippen LogP contribution in [-0.4, -0.2) is 22.9 Å². The molecule has 2 nitrogen and oxygen atoms in total. The summed E-state index contributed by atoms with van der Waals surface area (Å²) in [6.45, 7) is 0. The van der Waals surface area contributed by atoms with Crippen molar-refractivity contribution < 1.29 is 4.79 Å². The molecule has 0 atom stereocenters. The highest BCUT2D eigenvalue weighted by Crippen LogP contribution is 2.32. The van der Waals surface area contributed by atoms with E-state index in [2.05, 4.69) is 4.90 Å². The first-order valence-corrected chi connectivity index (χ1v) is 9.22. The highest BCUT2D eigenvalue weighted by molar-refractivity contribution is 6.33. The van der Waals surface area contributed by atoms with Gasteiger partial charge in [0.15, 0.2) is 0 Å². The minimum absolute atomic E-state index is 0.157. The second kappa shape index (κ2) is 7.50. The lowest BCUT2D eigenvalue weighted by molar-refractivity contribution is 0.0448. The van der Waals surface area contributed by atoms with E-state index in [1.54, 1.807) is 0 Å². The summed E-state index contributed by atoms with van der Waals surface area (Å²) < 4.78 is 0. The third kappa shape index (κ3) is 3.48. The van der Waals surface area contributed by atoms with Crippen molar-refractivity contribution in [1.29, 1.82) is 0 Å². The van der Waals surface area contributed by atoms with Gasteiger partial charge in [-0.05, 0) is 37.8 Å². The van der Waals surface area contributed by atoms with Gasteiger partial charge in [-0.3, -0.25) is 4.79 Å². The minimum atomic E-state index is 0.157. The monoisotopic (exact) mass is 319 g/mol. The Bertz CT molecular complexity index is 486. The molecule has 0 unspecified atom stereocenters. The highest BCUT2D eigenvalue weighted by Gasteiger charge is 2.33. The Kier molecular flexibility index (Phi) is 5.41. The predicted octanol–water partition coefficient (Wildman–Crippen LogP) is 5.45. The lowest BCUT2D eigenvalue weighted by Gasteiger charge is -2.42. The maximum Gasteiger partial charge on any atom is 0.255 e. The molecule has 0 bridgehead atoms. The molecule has 120 valence electrons. The molecule has 0 aliphatic heterocycles. The molecule has 1 aromatic rings. The number of amides is 1. The molecule has 2 fully saturated rings. The molecule has 0 aromatic heterocycles. The fourth-order valence-electron chi connectivity index (χ4n) is 4.12. The normalized spacial score (nSPS) is 20.8. The topological polar surface area (TPSA) is 20.3 Å². The maximum atomic E-state index is 13.2. The molecule has 0 radical (unpaired) electrons. The number of rotatable bonds is 3. The van der Waals surface area contributed by atoms with E-state index >= 15 is 0 Å². The lowest BCUT2D eigenvalue weighted by Crippen LogP contribution is -2.48. The Balaban J connectivity index is 1.86. The number of halogens is 1. The van der Waals surface area contributed by atoms with E-state index in [0.29, 0.717) is 22.7 Å². The van der Waals surface area contributed by atoms with Gasteiger partial charge < -0.3 is 4.90 Å². The number of hydrogen-bond donors (Lipinski definition) is 0. The van der Waals surface area contributed by atoms with E-state index < -0.39 is 0 Å². The molecule has 0 spiro atoms. The molecule has 3 rings (SSSR count). The van der Waals surface area contributed by atoms with Gasteiger partial charge in [-0.1, -0.05) is 62.3 Å². The van der Waals surface area contributed by atoms with Gasteiger partial charge in [-0.25, -0.2) is 0 Å². The molecule has 0 N–H and O–H groups in total. The van der Waals surface area contributed by atoms with Crippen molar-refractivity contribution in [1.82, 2.24) is 4.90 Å². The van der Waals surface area contributed by atoms with E-state index in [9.17, 15) is 4.79 Å². The van der Waals surface area contributed by atoms with Crippen LogP contribution >= 0.6 is 11.6 Å². The van der Waals surface area contributed by atoms with E-state index in [1.165, 1.54) is 38.5 Å². The maximum absolute atomic E-state index is 13.2. The average molecular weight is 320 g/mol. The van der Waals surface area contributed by atoms with Crippen molar-refractivity contribution in [3.63, 3.8) is 0 Å². The van der Waals surface area contributed by atoms with Crippen molar-refractivity contribution in [2.45, 2.75) is 76.3 Å². The zero-order valence-corrected chi connectivity index (χ0v) is 14.0. The summed E-state index contributed by atoms with van der Waals surface area (Å²) in [6.07, 6.45) is 12.3. The van der Waals surface area contributed by atoms with Crippen molar-refractivity contribution in [2.75, 3.05) is 0 Å². The van der Waals surface area contributed by atoms with Gasteiger partial charge in [0.1, 0.15) is 0 Å². The van der Waals surface area contributed by atoms with Crippen molar-refractivity contribution >= 4 is 17.5 Å². The van der Waals surface area contributed by atoms with E-state index in [-0.39, 0.29) is 5.91 Å². The Labute approximate surface area is 138 Å². The molecule has 22 heavy (non-hydrogen) atoms. The van der Waals surface area contributed by atoms with Gasteiger partial charge >= 0.3 is 0 Å². The van der Waals surface area contributed by atoms with Crippen molar-refractivity contribution in [3.05, 3.63) is 34.9 Å². The highest BCUT2D eigenvalue weighted by atomic mass is 35.5. The van der Waals surface area contributed by atoms with E-state index in [4.69, 9.17) is 11.6 Å². The van der Waals surface area contributed by atoms with Crippen molar-refractivity contribution in [2.24, 2.45) is 0 Å². The van der Waals surface area contributed by atoms with Crippen LogP contribution in [0.5, 0.6) is 0 Å². The Morgan fingerprint density at radius 2 is 1.36 bits per heavy atom. The number of nitrogens with zero attached hydrogens (tertiary/aromatic N) is 1. The summed E-state index contributed by atoms with van der Waals surface area (Å²) in [5.74, 6) is 0.157. The van der Waals surface area contributed by atoms with Gasteiger partial charge in [0, 0.05) is 12.1 Å². The third-order valence-corrected chi connectivity index (χ3v) is 5.60. The molecule has 2 saturated carbocycles. The standard InChI is InChI=1S/C19H26ClNO/c20-18-14-8-7-13-17(18)19(22)21(15-9-3-1-4-10-15)16-11-5-2-6-12-16/h7-8,13-16H,1-6,9-12H2. The quantitative estimate of drug-likeness (QED) is 0.725. The summed E-state index contributed by atoms with van der Waals surface area (Å²) in [7, 11) is 0. The minimum Gasteiger partial charge on any atom is -0.333 e. The first-order chi connectivity index (χ1) is 10.8. The van der Waals surface area contributed by atoms with Gasteiger partial charge in [-0.15, -0.1) is 0 Å². The second-order valence-corrected chi connectivity index (χ2v) is 7.18. The number of carbonyl (C=O) groups excluding carboxylic acids is 1. The van der Waals surface area contributed by atoms with Crippen LogP contribution < -0.4 is 0 Å². The largest absolute Gasteiger partial charge is 0.333 e. The zero-order chi connectivity index (χ0) is 15.4. The summed E-state index contributed by atoms with van der Waals surface area (Å²) in [4.78, 5) is 15.4. The zero-order valence-electron chi connectivity index (χ0n) is 13.3.